The molecule has 2 atom stereocenters. The van der Waals surface area contributed by atoms with E-state index in [9.17, 15) is 4.79 Å². The second-order valence-corrected chi connectivity index (χ2v) is 4.96. The van der Waals surface area contributed by atoms with E-state index < -0.39 is 0 Å². The second-order valence-electron chi connectivity index (χ2n) is 4.96. The Labute approximate surface area is 113 Å². The standard InChI is InChI=1S/C14H20N2O3/c1-4-18-13(17)11-5-6-12(15-9-11)16-14(3)7-8-19-10(14)2/h5-6,9-10H,4,7-8H2,1-3H3,(H,15,16). The van der Waals surface area contributed by atoms with Crippen molar-refractivity contribution in [3.8, 4) is 0 Å². The molecule has 1 aromatic heterocycles. The predicted octanol–water partition coefficient (Wildman–Crippen LogP) is 2.24. The van der Waals surface area contributed by atoms with Gasteiger partial charge in [0.2, 0.25) is 0 Å². The van der Waals surface area contributed by atoms with Gasteiger partial charge in [-0.1, -0.05) is 0 Å². The van der Waals surface area contributed by atoms with Crippen molar-refractivity contribution in [2.45, 2.75) is 38.8 Å². The lowest BCUT2D eigenvalue weighted by molar-refractivity contribution is 0.0526. The number of anilines is 1. The van der Waals surface area contributed by atoms with Gasteiger partial charge in [0.15, 0.2) is 0 Å². The van der Waals surface area contributed by atoms with Crippen LogP contribution in [0.25, 0.3) is 0 Å². The molecule has 2 heterocycles. The Morgan fingerprint density at radius 3 is 2.95 bits per heavy atom. The summed E-state index contributed by atoms with van der Waals surface area (Å²) in [6, 6.07) is 3.51. The summed E-state index contributed by atoms with van der Waals surface area (Å²) in [6.45, 7) is 7.07. The first kappa shape index (κ1) is 13.8. The number of ether oxygens (including phenoxy) is 2. The zero-order valence-corrected chi connectivity index (χ0v) is 11.6. The number of hydrogen-bond acceptors (Lipinski definition) is 5. The minimum absolute atomic E-state index is 0.113. The van der Waals surface area contributed by atoms with Gasteiger partial charge in [-0.25, -0.2) is 9.78 Å². The summed E-state index contributed by atoms with van der Waals surface area (Å²) in [6.07, 6.45) is 2.61. The Morgan fingerprint density at radius 1 is 1.63 bits per heavy atom. The van der Waals surface area contributed by atoms with Gasteiger partial charge < -0.3 is 14.8 Å². The molecule has 5 nitrogen and oxygen atoms in total. The van der Waals surface area contributed by atoms with E-state index in [1.165, 1.54) is 6.20 Å². The van der Waals surface area contributed by atoms with Crippen molar-refractivity contribution in [1.29, 1.82) is 0 Å². The van der Waals surface area contributed by atoms with E-state index in [1.54, 1.807) is 19.1 Å². The molecule has 2 rings (SSSR count). The van der Waals surface area contributed by atoms with E-state index in [2.05, 4.69) is 17.2 Å². The van der Waals surface area contributed by atoms with E-state index in [1.807, 2.05) is 6.92 Å². The number of carbonyl (C=O) groups is 1. The Hall–Kier alpha value is -1.62. The van der Waals surface area contributed by atoms with E-state index in [4.69, 9.17) is 9.47 Å². The van der Waals surface area contributed by atoms with Gasteiger partial charge >= 0.3 is 5.97 Å². The van der Waals surface area contributed by atoms with E-state index in [0.717, 1.165) is 18.8 Å². The molecule has 0 amide bonds. The average molecular weight is 264 g/mol. The van der Waals surface area contributed by atoms with Crippen LogP contribution in [0.4, 0.5) is 5.82 Å². The van der Waals surface area contributed by atoms with Crippen LogP contribution < -0.4 is 5.32 Å². The fourth-order valence-corrected chi connectivity index (χ4v) is 2.09. The van der Waals surface area contributed by atoms with Crippen LogP contribution >= 0.6 is 0 Å². The lowest BCUT2D eigenvalue weighted by Crippen LogP contribution is -2.41. The molecule has 1 fully saturated rings. The lowest BCUT2D eigenvalue weighted by Gasteiger charge is -2.29. The van der Waals surface area contributed by atoms with Crippen LogP contribution in [0.5, 0.6) is 0 Å². The predicted molar refractivity (Wildman–Crippen MR) is 72.3 cm³/mol. The Bertz CT molecular complexity index is 447. The lowest BCUT2D eigenvalue weighted by atomic mass is 9.95. The van der Waals surface area contributed by atoms with Gasteiger partial charge in [-0.05, 0) is 39.3 Å². The number of esters is 1. The van der Waals surface area contributed by atoms with Crippen LogP contribution in [0.15, 0.2) is 18.3 Å². The van der Waals surface area contributed by atoms with Crippen LogP contribution in [0.3, 0.4) is 0 Å². The van der Waals surface area contributed by atoms with Gasteiger partial charge in [-0.15, -0.1) is 0 Å². The number of aromatic nitrogens is 1. The minimum Gasteiger partial charge on any atom is -0.462 e. The highest BCUT2D eigenvalue weighted by molar-refractivity contribution is 5.89. The fraction of sp³-hybridized carbons (Fsp3) is 0.571. The van der Waals surface area contributed by atoms with Crippen molar-refractivity contribution in [2.24, 2.45) is 0 Å². The first-order chi connectivity index (χ1) is 9.05. The maximum Gasteiger partial charge on any atom is 0.339 e. The summed E-state index contributed by atoms with van der Waals surface area (Å²) in [7, 11) is 0. The quantitative estimate of drug-likeness (QED) is 0.845. The first-order valence-corrected chi connectivity index (χ1v) is 6.58. The van der Waals surface area contributed by atoms with Gasteiger partial charge in [0.1, 0.15) is 5.82 Å². The number of pyridine rings is 1. The van der Waals surface area contributed by atoms with Gasteiger partial charge in [0.05, 0.1) is 23.8 Å². The van der Waals surface area contributed by atoms with E-state index in [0.29, 0.717) is 12.2 Å². The maximum absolute atomic E-state index is 11.5. The Morgan fingerprint density at radius 2 is 2.42 bits per heavy atom. The Kier molecular flexibility index (Phi) is 4.04. The van der Waals surface area contributed by atoms with Crippen molar-refractivity contribution in [3.05, 3.63) is 23.9 Å². The first-order valence-electron chi connectivity index (χ1n) is 6.58. The molecular weight excluding hydrogens is 244 g/mol. The number of nitrogens with one attached hydrogen (secondary N) is 1. The van der Waals surface area contributed by atoms with Crippen molar-refractivity contribution in [3.63, 3.8) is 0 Å². The number of hydrogen-bond donors (Lipinski definition) is 1. The molecule has 0 spiro atoms. The third-order valence-electron chi connectivity index (χ3n) is 3.57. The molecule has 1 aliphatic rings. The highest BCUT2D eigenvalue weighted by Gasteiger charge is 2.37. The van der Waals surface area contributed by atoms with Crippen LogP contribution in [0.1, 0.15) is 37.6 Å². The third-order valence-corrected chi connectivity index (χ3v) is 3.57. The van der Waals surface area contributed by atoms with Crippen molar-refractivity contribution < 1.29 is 14.3 Å². The molecule has 0 aromatic carbocycles. The topological polar surface area (TPSA) is 60.5 Å². The van der Waals surface area contributed by atoms with E-state index >= 15 is 0 Å². The third kappa shape index (κ3) is 3.04. The molecule has 0 aliphatic carbocycles. The van der Waals surface area contributed by atoms with Crippen molar-refractivity contribution in [2.75, 3.05) is 18.5 Å². The molecule has 1 N–H and O–H groups in total. The van der Waals surface area contributed by atoms with E-state index in [-0.39, 0.29) is 17.6 Å². The normalized spacial score (nSPS) is 26.2. The average Bonchev–Trinajstić information content (AvgIpc) is 2.70. The smallest absolute Gasteiger partial charge is 0.339 e. The summed E-state index contributed by atoms with van der Waals surface area (Å²) in [5.41, 5.74) is 0.353. The van der Waals surface area contributed by atoms with Gasteiger partial charge in [0.25, 0.3) is 0 Å². The summed E-state index contributed by atoms with van der Waals surface area (Å²) in [5.74, 6) is 0.401. The van der Waals surface area contributed by atoms with Gasteiger partial charge in [-0.2, -0.15) is 0 Å². The largest absolute Gasteiger partial charge is 0.462 e. The number of rotatable bonds is 4. The zero-order valence-electron chi connectivity index (χ0n) is 11.6. The number of carbonyl (C=O) groups excluding carboxylic acids is 1. The Balaban J connectivity index is 2.05. The highest BCUT2D eigenvalue weighted by Crippen LogP contribution is 2.28. The summed E-state index contributed by atoms with van der Waals surface area (Å²) >= 11 is 0. The summed E-state index contributed by atoms with van der Waals surface area (Å²) in [4.78, 5) is 15.8. The van der Waals surface area contributed by atoms with Gasteiger partial charge in [-0.3, -0.25) is 0 Å². The SMILES string of the molecule is CCOC(=O)c1ccc(NC2(C)CCOC2C)nc1. The molecule has 5 heteroatoms. The maximum atomic E-state index is 11.5. The molecule has 2 unspecified atom stereocenters. The molecule has 104 valence electrons. The molecule has 0 saturated carbocycles. The van der Waals surface area contributed by atoms with Crippen LogP contribution in [-0.4, -0.2) is 35.8 Å². The molecular formula is C14H20N2O3. The zero-order chi connectivity index (χ0) is 13.9. The molecule has 0 bridgehead atoms. The van der Waals surface area contributed by atoms with Crippen molar-refractivity contribution >= 4 is 11.8 Å². The summed E-state index contributed by atoms with van der Waals surface area (Å²) in [5, 5.41) is 3.38. The molecule has 1 aromatic rings. The fourth-order valence-electron chi connectivity index (χ4n) is 2.09. The molecule has 1 aliphatic heterocycles. The minimum atomic E-state index is -0.342. The molecule has 0 radical (unpaired) electrons. The molecule has 19 heavy (non-hydrogen) atoms. The van der Waals surface area contributed by atoms with Gasteiger partial charge in [0, 0.05) is 12.8 Å². The molecule has 1 saturated heterocycles. The van der Waals surface area contributed by atoms with Crippen LogP contribution in [-0.2, 0) is 9.47 Å². The monoisotopic (exact) mass is 264 g/mol. The van der Waals surface area contributed by atoms with Crippen LogP contribution in [0, 0.1) is 0 Å². The summed E-state index contributed by atoms with van der Waals surface area (Å²) < 4.78 is 10.5. The number of nitrogens with zero attached hydrogens (tertiary/aromatic N) is 1. The van der Waals surface area contributed by atoms with Crippen LogP contribution in [0.2, 0.25) is 0 Å². The second kappa shape index (κ2) is 5.57. The van der Waals surface area contributed by atoms with Crippen molar-refractivity contribution in [1.82, 2.24) is 4.98 Å². The highest BCUT2D eigenvalue weighted by atomic mass is 16.5.